The minimum atomic E-state index is -0.571. The lowest BCUT2D eigenvalue weighted by atomic mass is 10.3. The third-order valence-electron chi connectivity index (χ3n) is 4.55. The molecule has 0 saturated carbocycles. The van der Waals surface area contributed by atoms with Gasteiger partial charge in [-0.1, -0.05) is 11.3 Å². The van der Waals surface area contributed by atoms with Gasteiger partial charge in [0.25, 0.3) is 5.91 Å². The van der Waals surface area contributed by atoms with Crippen molar-refractivity contribution in [3.05, 3.63) is 82.1 Å². The first-order chi connectivity index (χ1) is 16.0. The van der Waals surface area contributed by atoms with Gasteiger partial charge in [0, 0.05) is 18.5 Å². The van der Waals surface area contributed by atoms with Gasteiger partial charge in [0.1, 0.15) is 18.0 Å². The van der Waals surface area contributed by atoms with Gasteiger partial charge in [-0.05, 0) is 30.3 Å². The van der Waals surface area contributed by atoms with Crippen LogP contribution in [0.1, 0.15) is 9.67 Å². The molecule has 5 aromatic rings. The molecule has 13 heteroatoms. The summed E-state index contributed by atoms with van der Waals surface area (Å²) in [5, 5.41) is 18.2. The summed E-state index contributed by atoms with van der Waals surface area (Å²) in [6.45, 7) is 0. The number of rotatable bonds is 5. The van der Waals surface area contributed by atoms with Crippen LogP contribution in [0.5, 0.6) is 0 Å². The van der Waals surface area contributed by atoms with Crippen molar-refractivity contribution in [2.24, 2.45) is 0 Å². The van der Waals surface area contributed by atoms with Crippen LogP contribution in [0.3, 0.4) is 0 Å². The van der Waals surface area contributed by atoms with Crippen LogP contribution in [0.25, 0.3) is 28.1 Å². The van der Waals surface area contributed by atoms with Crippen LogP contribution in [0.2, 0.25) is 0 Å². The SMILES string of the molecule is O=C(Nc1nc(-c2cncnc2)nc2c1cnn2-c1ccc(F)cc1)c1ccc([N+](=O)[O-])s1. The van der Waals surface area contributed by atoms with Crippen LogP contribution in [0, 0.1) is 15.9 Å². The van der Waals surface area contributed by atoms with Crippen molar-refractivity contribution in [2.75, 3.05) is 5.32 Å². The lowest BCUT2D eigenvalue weighted by Gasteiger charge is -2.08. The second-order valence-electron chi connectivity index (χ2n) is 6.64. The molecule has 162 valence electrons. The summed E-state index contributed by atoms with van der Waals surface area (Å²) in [5.41, 5.74) is 1.39. The summed E-state index contributed by atoms with van der Waals surface area (Å²) in [6.07, 6.45) is 5.86. The predicted octanol–water partition coefficient (Wildman–Crippen LogP) is 3.63. The Kier molecular flexibility index (Phi) is 4.99. The van der Waals surface area contributed by atoms with E-state index < -0.39 is 16.6 Å². The van der Waals surface area contributed by atoms with Gasteiger partial charge in [-0.3, -0.25) is 14.9 Å². The van der Waals surface area contributed by atoms with Crippen LogP contribution in [0.15, 0.2) is 61.3 Å². The number of nitrogens with one attached hydrogen (secondary N) is 1. The second-order valence-corrected chi connectivity index (χ2v) is 7.70. The maximum absolute atomic E-state index is 13.4. The molecule has 0 aliphatic carbocycles. The van der Waals surface area contributed by atoms with Crippen LogP contribution in [-0.4, -0.2) is 40.5 Å². The van der Waals surface area contributed by atoms with Gasteiger partial charge in [-0.15, -0.1) is 0 Å². The molecule has 0 saturated heterocycles. The average molecular weight is 462 g/mol. The number of nitrogens with zero attached hydrogens (tertiary/aromatic N) is 7. The van der Waals surface area contributed by atoms with E-state index in [1.807, 2.05) is 0 Å². The number of aromatic nitrogens is 6. The third-order valence-corrected chi connectivity index (χ3v) is 5.58. The highest BCUT2D eigenvalue weighted by Crippen LogP contribution is 2.28. The molecule has 0 spiro atoms. The molecule has 33 heavy (non-hydrogen) atoms. The molecule has 0 atom stereocenters. The minimum Gasteiger partial charge on any atom is -0.305 e. The first-order valence-electron chi connectivity index (χ1n) is 9.32. The number of thiophene rings is 1. The Hall–Kier alpha value is -4.65. The lowest BCUT2D eigenvalue weighted by Crippen LogP contribution is -2.12. The number of anilines is 1. The molecule has 1 aromatic carbocycles. The molecule has 0 radical (unpaired) electrons. The summed E-state index contributed by atoms with van der Waals surface area (Å²) >= 11 is 0.747. The van der Waals surface area contributed by atoms with Crippen LogP contribution < -0.4 is 5.32 Å². The highest BCUT2D eigenvalue weighted by Gasteiger charge is 2.20. The Morgan fingerprint density at radius 2 is 1.82 bits per heavy atom. The molecule has 5 rings (SSSR count). The minimum absolute atomic E-state index is 0.143. The van der Waals surface area contributed by atoms with Gasteiger partial charge in [-0.25, -0.2) is 29.0 Å². The number of hydrogen-bond donors (Lipinski definition) is 1. The van der Waals surface area contributed by atoms with Crippen LogP contribution >= 0.6 is 11.3 Å². The van der Waals surface area contributed by atoms with Crippen molar-refractivity contribution in [1.82, 2.24) is 29.7 Å². The topological polar surface area (TPSA) is 142 Å². The van der Waals surface area contributed by atoms with E-state index in [1.54, 1.807) is 0 Å². The molecule has 0 bridgehead atoms. The smallest absolute Gasteiger partial charge is 0.305 e. The zero-order valence-electron chi connectivity index (χ0n) is 16.4. The number of fused-ring (bicyclic) bond motifs is 1. The van der Waals surface area contributed by atoms with E-state index in [2.05, 4.69) is 30.4 Å². The summed E-state index contributed by atoms with van der Waals surface area (Å²) in [6, 6.07) is 8.29. The Morgan fingerprint density at radius 3 is 2.52 bits per heavy atom. The predicted molar refractivity (Wildman–Crippen MR) is 117 cm³/mol. The molecule has 0 unspecified atom stereocenters. The van der Waals surface area contributed by atoms with E-state index in [0.717, 1.165) is 11.3 Å². The second kappa shape index (κ2) is 8.12. The summed E-state index contributed by atoms with van der Waals surface area (Å²) in [4.78, 5) is 40.2. The van der Waals surface area contributed by atoms with Crippen molar-refractivity contribution in [3.63, 3.8) is 0 Å². The number of amides is 1. The lowest BCUT2D eigenvalue weighted by molar-refractivity contribution is -0.380. The van der Waals surface area contributed by atoms with Gasteiger partial charge in [-0.2, -0.15) is 5.10 Å². The number of nitro groups is 1. The van der Waals surface area contributed by atoms with E-state index in [1.165, 1.54) is 66.0 Å². The number of carbonyl (C=O) groups is 1. The maximum Gasteiger partial charge on any atom is 0.324 e. The van der Waals surface area contributed by atoms with E-state index in [-0.39, 0.29) is 21.5 Å². The third kappa shape index (κ3) is 3.87. The molecule has 4 heterocycles. The molecule has 0 aliphatic rings. The van der Waals surface area contributed by atoms with Crippen molar-refractivity contribution in [3.8, 4) is 17.1 Å². The van der Waals surface area contributed by atoms with Crippen molar-refractivity contribution < 1.29 is 14.1 Å². The normalized spacial score (nSPS) is 10.9. The largest absolute Gasteiger partial charge is 0.324 e. The highest BCUT2D eigenvalue weighted by molar-refractivity contribution is 7.17. The Morgan fingerprint density at radius 1 is 1.06 bits per heavy atom. The monoisotopic (exact) mass is 462 g/mol. The molecule has 0 fully saturated rings. The fourth-order valence-electron chi connectivity index (χ4n) is 3.04. The highest BCUT2D eigenvalue weighted by atomic mass is 32.1. The van der Waals surface area contributed by atoms with E-state index in [4.69, 9.17) is 0 Å². The van der Waals surface area contributed by atoms with Gasteiger partial charge in [0.2, 0.25) is 0 Å². The van der Waals surface area contributed by atoms with E-state index >= 15 is 0 Å². The number of benzene rings is 1. The quantitative estimate of drug-likeness (QED) is 0.308. The standard InChI is InChI=1S/C20H11FN8O3S/c21-12-1-3-13(4-2-12)28-19-14(9-24-28)18(25-17(26-19)11-7-22-10-23-8-11)27-20(30)15-5-6-16(33-15)29(31)32/h1-10H,(H,25,26,27,30). The van der Waals surface area contributed by atoms with Crippen molar-refractivity contribution in [2.45, 2.75) is 0 Å². The fourth-order valence-corrected chi connectivity index (χ4v) is 3.75. The van der Waals surface area contributed by atoms with E-state index in [0.29, 0.717) is 22.3 Å². The van der Waals surface area contributed by atoms with Crippen LogP contribution in [0.4, 0.5) is 15.2 Å². The van der Waals surface area contributed by atoms with E-state index in [9.17, 15) is 19.3 Å². The maximum atomic E-state index is 13.4. The molecule has 0 aliphatic heterocycles. The molecular weight excluding hydrogens is 451 g/mol. The zero-order valence-corrected chi connectivity index (χ0v) is 17.2. The average Bonchev–Trinajstić information content (AvgIpc) is 3.48. The molecule has 1 N–H and O–H groups in total. The fraction of sp³-hybridized carbons (Fsp3) is 0. The summed E-state index contributed by atoms with van der Waals surface area (Å²) in [7, 11) is 0. The molecule has 11 nitrogen and oxygen atoms in total. The van der Waals surface area contributed by atoms with Crippen molar-refractivity contribution in [1.29, 1.82) is 0 Å². The number of hydrogen-bond acceptors (Lipinski definition) is 9. The Labute approximate surface area is 187 Å². The number of carbonyl (C=O) groups excluding carboxylic acids is 1. The van der Waals surface area contributed by atoms with Crippen molar-refractivity contribution >= 4 is 39.1 Å². The first-order valence-corrected chi connectivity index (χ1v) is 10.1. The van der Waals surface area contributed by atoms with Gasteiger partial charge in [0.15, 0.2) is 11.5 Å². The summed E-state index contributed by atoms with van der Waals surface area (Å²) in [5.74, 6) is -0.601. The first kappa shape index (κ1) is 20.3. The Balaban J connectivity index is 1.62. The molecular formula is C20H11FN8O3S. The molecule has 4 aromatic heterocycles. The Bertz CT molecular complexity index is 1500. The zero-order chi connectivity index (χ0) is 22.9. The van der Waals surface area contributed by atoms with Gasteiger partial charge in [0.05, 0.1) is 32.6 Å². The summed E-state index contributed by atoms with van der Waals surface area (Å²) < 4.78 is 14.9. The molecule has 1 amide bonds. The number of halogens is 1. The van der Waals surface area contributed by atoms with Gasteiger partial charge < -0.3 is 5.32 Å². The van der Waals surface area contributed by atoms with Crippen LogP contribution in [-0.2, 0) is 0 Å². The van der Waals surface area contributed by atoms with Gasteiger partial charge >= 0.3 is 5.00 Å².